The van der Waals surface area contributed by atoms with Gasteiger partial charge in [-0.15, -0.1) is 13.2 Å². The zero-order chi connectivity index (χ0) is 15.1. The van der Waals surface area contributed by atoms with Gasteiger partial charge in [0.05, 0.1) is 12.2 Å². The molecule has 5 heteroatoms. The Balaban J connectivity index is 2.56. The molecule has 0 saturated heterocycles. The van der Waals surface area contributed by atoms with Crippen LogP contribution in [0.2, 0.25) is 0 Å². The van der Waals surface area contributed by atoms with Crippen molar-refractivity contribution in [3.8, 4) is 0 Å². The molecule has 5 nitrogen and oxygen atoms in total. The first-order valence-corrected chi connectivity index (χ1v) is 6.72. The Hall–Kier alpha value is -1.88. The molecule has 0 aliphatic rings. The van der Waals surface area contributed by atoms with E-state index >= 15 is 0 Å². The highest BCUT2D eigenvalue weighted by atomic mass is 16.2. The topological polar surface area (TPSA) is 50.2 Å². The average molecular weight is 276 g/mol. The molecule has 0 fully saturated rings. The van der Waals surface area contributed by atoms with Gasteiger partial charge in [0.1, 0.15) is 0 Å². The van der Waals surface area contributed by atoms with Gasteiger partial charge < -0.3 is 10.2 Å². The molecule has 110 valence electrons. The van der Waals surface area contributed by atoms with Crippen LogP contribution in [0.1, 0.15) is 24.2 Å². The number of aryl methyl sites for hydroxylation is 2. The summed E-state index contributed by atoms with van der Waals surface area (Å²) in [6.45, 7) is 12.7. The zero-order valence-electron chi connectivity index (χ0n) is 12.6. The molecule has 1 heterocycles. The van der Waals surface area contributed by atoms with Crippen LogP contribution in [0.5, 0.6) is 0 Å². The molecule has 0 aliphatic carbocycles. The fourth-order valence-electron chi connectivity index (χ4n) is 2.10. The monoisotopic (exact) mass is 276 g/mol. The summed E-state index contributed by atoms with van der Waals surface area (Å²) in [5.74, 6) is 0.0400. The Bertz CT molecular complexity index is 468. The molecular weight excluding hydrogens is 252 g/mol. The largest absolute Gasteiger partial charge is 0.334 e. The molecule has 1 rings (SSSR count). The van der Waals surface area contributed by atoms with Crippen LogP contribution in [0, 0.1) is 6.92 Å². The third-order valence-corrected chi connectivity index (χ3v) is 3.13. The van der Waals surface area contributed by atoms with E-state index < -0.39 is 0 Å². The van der Waals surface area contributed by atoms with Gasteiger partial charge >= 0.3 is 0 Å². The molecule has 0 bridgehead atoms. The molecule has 1 N–H and O–H groups in total. The Morgan fingerprint density at radius 1 is 1.50 bits per heavy atom. The first-order valence-electron chi connectivity index (χ1n) is 6.72. The van der Waals surface area contributed by atoms with Crippen molar-refractivity contribution >= 4 is 5.91 Å². The highest BCUT2D eigenvalue weighted by Crippen LogP contribution is 2.15. The number of hydrogen-bond acceptors (Lipinski definition) is 3. The van der Waals surface area contributed by atoms with Crippen molar-refractivity contribution in [2.24, 2.45) is 7.05 Å². The van der Waals surface area contributed by atoms with E-state index in [-0.39, 0.29) is 18.5 Å². The molecule has 0 aromatic carbocycles. The average Bonchev–Trinajstić information content (AvgIpc) is 2.74. The van der Waals surface area contributed by atoms with Crippen LogP contribution in [0.3, 0.4) is 0 Å². The van der Waals surface area contributed by atoms with Gasteiger partial charge in [-0.1, -0.05) is 12.2 Å². The first kappa shape index (κ1) is 16.2. The number of hydrogen-bond donors (Lipinski definition) is 1. The van der Waals surface area contributed by atoms with Gasteiger partial charge in [-0.2, -0.15) is 5.10 Å². The lowest BCUT2D eigenvalue weighted by atomic mass is 10.1. The van der Waals surface area contributed by atoms with Crippen LogP contribution in [0.4, 0.5) is 0 Å². The van der Waals surface area contributed by atoms with Crippen LogP contribution in [-0.2, 0) is 11.8 Å². The summed E-state index contributed by atoms with van der Waals surface area (Å²) in [5.41, 5.74) is 2.09. The Morgan fingerprint density at radius 3 is 2.55 bits per heavy atom. The van der Waals surface area contributed by atoms with E-state index in [4.69, 9.17) is 0 Å². The number of rotatable bonds is 8. The highest BCUT2D eigenvalue weighted by Gasteiger charge is 2.15. The summed E-state index contributed by atoms with van der Waals surface area (Å²) in [5, 5.41) is 7.55. The maximum Gasteiger partial charge on any atom is 0.237 e. The van der Waals surface area contributed by atoms with Crippen LogP contribution in [0.25, 0.3) is 0 Å². The molecule has 1 aromatic heterocycles. The van der Waals surface area contributed by atoms with Crippen LogP contribution >= 0.6 is 0 Å². The standard InChI is InChI=1S/C15H24N4O/c1-6-8-19(9-7-2)15(20)10-16-12(3)14-11-18(5)17-13(14)4/h6-7,11-12,16H,1-2,8-10H2,3-5H3. The maximum absolute atomic E-state index is 12.1. The molecule has 1 aromatic rings. The summed E-state index contributed by atoms with van der Waals surface area (Å²) in [7, 11) is 1.89. The van der Waals surface area contributed by atoms with Crippen LogP contribution in [-0.4, -0.2) is 40.2 Å². The molecular formula is C15H24N4O. The molecule has 0 saturated carbocycles. The van der Waals surface area contributed by atoms with Crippen molar-refractivity contribution in [1.29, 1.82) is 0 Å². The summed E-state index contributed by atoms with van der Waals surface area (Å²) in [6, 6.07) is 0.0852. The minimum absolute atomic E-state index is 0.0400. The number of carbonyl (C=O) groups excluding carboxylic acids is 1. The lowest BCUT2D eigenvalue weighted by Gasteiger charge is -2.21. The second kappa shape index (κ2) is 7.65. The van der Waals surface area contributed by atoms with Gasteiger partial charge in [-0.3, -0.25) is 9.48 Å². The van der Waals surface area contributed by atoms with E-state index in [9.17, 15) is 4.79 Å². The summed E-state index contributed by atoms with van der Waals surface area (Å²) < 4.78 is 1.78. The fourth-order valence-corrected chi connectivity index (χ4v) is 2.10. The number of amides is 1. The SMILES string of the molecule is C=CCN(CC=C)C(=O)CNC(C)c1cn(C)nc1C. The lowest BCUT2D eigenvalue weighted by Crippen LogP contribution is -2.39. The molecule has 1 unspecified atom stereocenters. The minimum Gasteiger partial charge on any atom is -0.334 e. The first-order chi connectivity index (χ1) is 9.49. The van der Waals surface area contributed by atoms with Gasteiger partial charge in [0.25, 0.3) is 0 Å². The normalized spacial score (nSPS) is 11.9. The van der Waals surface area contributed by atoms with Gasteiger partial charge in [0.15, 0.2) is 0 Å². The van der Waals surface area contributed by atoms with Crippen molar-refractivity contribution in [1.82, 2.24) is 20.0 Å². The van der Waals surface area contributed by atoms with E-state index in [1.165, 1.54) is 0 Å². The maximum atomic E-state index is 12.1. The second-order valence-electron chi connectivity index (χ2n) is 4.82. The van der Waals surface area contributed by atoms with E-state index in [1.54, 1.807) is 21.7 Å². The summed E-state index contributed by atoms with van der Waals surface area (Å²) >= 11 is 0. The third kappa shape index (κ3) is 4.35. The quantitative estimate of drug-likeness (QED) is 0.733. The molecule has 0 aliphatic heterocycles. The molecule has 0 radical (unpaired) electrons. The lowest BCUT2D eigenvalue weighted by molar-refractivity contribution is -0.129. The van der Waals surface area contributed by atoms with E-state index in [0.717, 1.165) is 11.3 Å². The Morgan fingerprint density at radius 2 is 2.10 bits per heavy atom. The highest BCUT2D eigenvalue weighted by molar-refractivity contribution is 5.78. The van der Waals surface area contributed by atoms with E-state index in [0.29, 0.717) is 13.1 Å². The molecule has 1 atom stereocenters. The van der Waals surface area contributed by atoms with Crippen LogP contribution in [0.15, 0.2) is 31.5 Å². The van der Waals surface area contributed by atoms with Crippen molar-refractivity contribution in [2.75, 3.05) is 19.6 Å². The van der Waals surface area contributed by atoms with Gasteiger partial charge in [0, 0.05) is 37.9 Å². The zero-order valence-corrected chi connectivity index (χ0v) is 12.6. The second-order valence-corrected chi connectivity index (χ2v) is 4.82. The van der Waals surface area contributed by atoms with Gasteiger partial charge in [-0.05, 0) is 13.8 Å². The van der Waals surface area contributed by atoms with E-state index in [1.807, 2.05) is 27.1 Å². The van der Waals surface area contributed by atoms with Crippen molar-refractivity contribution in [2.45, 2.75) is 19.9 Å². The summed E-state index contributed by atoms with van der Waals surface area (Å²) in [4.78, 5) is 13.8. The van der Waals surface area contributed by atoms with E-state index in [2.05, 4.69) is 23.6 Å². The summed E-state index contributed by atoms with van der Waals surface area (Å²) in [6.07, 6.45) is 5.41. The van der Waals surface area contributed by atoms with Gasteiger partial charge in [-0.25, -0.2) is 0 Å². The van der Waals surface area contributed by atoms with Gasteiger partial charge in [0.2, 0.25) is 5.91 Å². The number of nitrogens with one attached hydrogen (secondary N) is 1. The Labute approximate surface area is 121 Å². The number of nitrogens with zero attached hydrogens (tertiary/aromatic N) is 3. The minimum atomic E-state index is 0.0400. The predicted octanol–water partition coefficient (Wildman–Crippen LogP) is 1.58. The fraction of sp³-hybridized carbons (Fsp3) is 0.467. The van der Waals surface area contributed by atoms with Crippen molar-refractivity contribution in [3.05, 3.63) is 42.8 Å². The number of carbonyl (C=O) groups is 1. The molecule has 1 amide bonds. The molecule has 0 spiro atoms. The molecule has 20 heavy (non-hydrogen) atoms. The van der Waals surface area contributed by atoms with Crippen LogP contribution < -0.4 is 5.32 Å². The smallest absolute Gasteiger partial charge is 0.237 e. The third-order valence-electron chi connectivity index (χ3n) is 3.13. The number of aromatic nitrogens is 2. The van der Waals surface area contributed by atoms with Crippen molar-refractivity contribution < 1.29 is 4.79 Å². The predicted molar refractivity (Wildman–Crippen MR) is 81.3 cm³/mol. The Kier molecular flexibility index (Phi) is 6.18. The van der Waals surface area contributed by atoms with Crippen molar-refractivity contribution in [3.63, 3.8) is 0 Å².